The van der Waals surface area contributed by atoms with E-state index in [2.05, 4.69) is 95.3 Å². The highest BCUT2D eigenvalue weighted by Gasteiger charge is 2.66. The Morgan fingerprint density at radius 2 is 1.09 bits per heavy atom. The van der Waals surface area contributed by atoms with Gasteiger partial charge in [0.05, 0.1) is 11.7 Å². The highest BCUT2D eigenvalue weighted by atomic mass is 16.5. The average molecular weight is 326 g/mol. The van der Waals surface area contributed by atoms with Crippen molar-refractivity contribution in [3.63, 3.8) is 0 Å². The van der Waals surface area contributed by atoms with E-state index >= 15 is 0 Å². The number of ether oxygens (including phenoxy) is 1. The van der Waals surface area contributed by atoms with Crippen molar-refractivity contribution in [2.45, 2.75) is 114 Å². The van der Waals surface area contributed by atoms with E-state index in [-0.39, 0.29) is 33.4 Å². The maximum Gasteiger partial charge on any atom is 0.0695 e. The van der Waals surface area contributed by atoms with Crippen LogP contribution in [0.3, 0.4) is 0 Å². The second-order valence-corrected chi connectivity index (χ2v) is 11.3. The van der Waals surface area contributed by atoms with Crippen molar-refractivity contribution in [3.8, 4) is 0 Å². The van der Waals surface area contributed by atoms with Gasteiger partial charge in [0.2, 0.25) is 0 Å². The van der Waals surface area contributed by atoms with Crippen molar-refractivity contribution in [3.05, 3.63) is 0 Å². The van der Waals surface area contributed by atoms with E-state index in [0.29, 0.717) is 12.1 Å². The first-order valence-electron chi connectivity index (χ1n) is 9.33. The predicted octanol–water partition coefficient (Wildman–Crippen LogP) is 5.66. The van der Waals surface area contributed by atoms with Crippen LogP contribution in [0.5, 0.6) is 0 Å². The molecule has 0 aromatic carbocycles. The van der Waals surface area contributed by atoms with E-state index in [9.17, 15) is 0 Å². The maximum absolute atomic E-state index is 6.71. The second-order valence-electron chi connectivity index (χ2n) is 11.3. The van der Waals surface area contributed by atoms with Crippen LogP contribution < -0.4 is 5.32 Å². The zero-order chi connectivity index (χ0) is 18.6. The Kier molecular flexibility index (Phi) is 5.22. The van der Waals surface area contributed by atoms with Crippen molar-refractivity contribution in [2.24, 2.45) is 21.7 Å². The summed E-state index contributed by atoms with van der Waals surface area (Å²) in [5, 5.41) is 3.90. The molecule has 0 radical (unpaired) electrons. The fourth-order valence-corrected chi connectivity index (χ4v) is 4.62. The summed E-state index contributed by atoms with van der Waals surface area (Å²) < 4.78 is 6.71. The normalized spacial score (nSPS) is 32.1. The minimum absolute atomic E-state index is 0.0614. The third-order valence-electron chi connectivity index (χ3n) is 7.05. The van der Waals surface area contributed by atoms with Gasteiger partial charge in [0, 0.05) is 12.1 Å². The molecule has 23 heavy (non-hydrogen) atoms. The van der Waals surface area contributed by atoms with Crippen LogP contribution in [0.15, 0.2) is 0 Å². The Labute approximate surface area is 146 Å². The number of nitrogens with one attached hydrogen (secondary N) is 1. The van der Waals surface area contributed by atoms with E-state index in [4.69, 9.17) is 4.74 Å². The number of hydrogen-bond acceptors (Lipinski definition) is 2. The molecule has 2 nitrogen and oxygen atoms in total. The lowest BCUT2D eigenvalue weighted by atomic mass is 9.41. The van der Waals surface area contributed by atoms with Crippen LogP contribution >= 0.6 is 0 Å². The summed E-state index contributed by atoms with van der Waals surface area (Å²) in [6, 6.07) is 0.907. The fourth-order valence-electron chi connectivity index (χ4n) is 4.62. The van der Waals surface area contributed by atoms with Crippen LogP contribution in [0.4, 0.5) is 0 Å². The third kappa shape index (κ3) is 3.35. The monoisotopic (exact) mass is 325 g/mol. The number of hydrogen-bond donors (Lipinski definition) is 1. The smallest absolute Gasteiger partial charge is 0.0695 e. The van der Waals surface area contributed by atoms with E-state index < -0.39 is 0 Å². The maximum atomic E-state index is 6.71. The molecule has 0 aromatic heterocycles. The van der Waals surface area contributed by atoms with E-state index in [1.807, 2.05) is 0 Å². The first-order chi connectivity index (χ1) is 9.89. The molecule has 0 saturated heterocycles. The van der Waals surface area contributed by atoms with E-state index in [1.54, 1.807) is 0 Å². The van der Waals surface area contributed by atoms with Gasteiger partial charge in [-0.1, -0.05) is 69.2 Å². The Morgan fingerprint density at radius 1 is 0.739 bits per heavy atom. The molecule has 1 N–H and O–H groups in total. The van der Waals surface area contributed by atoms with Crippen LogP contribution in [-0.2, 0) is 4.74 Å². The van der Waals surface area contributed by atoms with Crippen molar-refractivity contribution in [1.82, 2.24) is 5.32 Å². The molecule has 0 aromatic rings. The van der Waals surface area contributed by atoms with Gasteiger partial charge >= 0.3 is 0 Å². The van der Waals surface area contributed by atoms with Gasteiger partial charge < -0.3 is 10.1 Å². The largest absolute Gasteiger partial charge is 0.371 e. The summed E-state index contributed by atoms with van der Waals surface area (Å²) in [5.41, 5.74) is 0.222. The van der Waals surface area contributed by atoms with Crippen LogP contribution in [0.25, 0.3) is 0 Å². The van der Waals surface area contributed by atoms with Crippen LogP contribution in [0.1, 0.15) is 90.0 Å². The molecule has 0 unspecified atom stereocenters. The molecule has 1 aliphatic rings. The minimum Gasteiger partial charge on any atom is -0.371 e. The van der Waals surface area contributed by atoms with Crippen molar-refractivity contribution in [2.75, 3.05) is 0 Å². The van der Waals surface area contributed by atoms with Gasteiger partial charge in [-0.25, -0.2) is 0 Å². The van der Waals surface area contributed by atoms with Crippen molar-refractivity contribution in [1.29, 1.82) is 0 Å². The summed E-state index contributed by atoms with van der Waals surface area (Å²) >= 11 is 0. The first-order valence-corrected chi connectivity index (χ1v) is 9.33. The summed E-state index contributed by atoms with van der Waals surface area (Å²) in [5.74, 6) is 0. The van der Waals surface area contributed by atoms with E-state index in [1.165, 1.54) is 0 Å². The molecule has 0 amide bonds. The lowest BCUT2D eigenvalue weighted by Gasteiger charge is -2.69. The highest BCUT2D eigenvalue weighted by molar-refractivity contribution is 5.17. The van der Waals surface area contributed by atoms with Gasteiger partial charge in [0.15, 0.2) is 0 Å². The SMILES string of the molecule is CC(C)N[C@H]1C(C)(C)C(C)(C)[C@H](OC(C)(C)C)C(C)(C)C1(C)C. The average Bonchev–Trinajstić information content (AvgIpc) is 2.29. The van der Waals surface area contributed by atoms with Crippen LogP contribution in [-0.4, -0.2) is 23.8 Å². The van der Waals surface area contributed by atoms with Gasteiger partial charge in [-0.3, -0.25) is 0 Å². The fraction of sp³-hybridized carbons (Fsp3) is 1.00. The Hall–Kier alpha value is -0.0800. The summed E-state index contributed by atoms with van der Waals surface area (Å²) in [7, 11) is 0. The lowest BCUT2D eigenvalue weighted by molar-refractivity contribution is -0.262. The molecular weight excluding hydrogens is 282 g/mol. The molecule has 2 heteroatoms. The van der Waals surface area contributed by atoms with Gasteiger partial charge in [0.1, 0.15) is 0 Å². The standard InChI is InChI=1S/C21H43NO/c1-14(2)22-15-18(6,7)20(10,11)16(23-17(3,4)5)21(12,13)19(15,8)9/h14-16,22H,1-13H3/t15-,16-. The topological polar surface area (TPSA) is 21.3 Å². The summed E-state index contributed by atoms with van der Waals surface area (Å²) in [6.07, 6.45) is 0.199. The molecule has 1 aliphatic carbocycles. The van der Waals surface area contributed by atoms with Gasteiger partial charge in [-0.2, -0.15) is 0 Å². The first kappa shape index (κ1) is 21.0. The second kappa shape index (κ2) is 5.73. The molecule has 0 atom stereocenters. The molecular formula is C21H43NO. The molecule has 1 rings (SSSR count). The molecule has 138 valence electrons. The third-order valence-corrected chi connectivity index (χ3v) is 7.05. The van der Waals surface area contributed by atoms with Gasteiger partial charge in [-0.05, 0) is 42.4 Å². The highest BCUT2D eigenvalue weighted by Crippen LogP contribution is 2.64. The zero-order valence-electron chi connectivity index (χ0n) is 18.1. The van der Waals surface area contributed by atoms with Crippen molar-refractivity contribution < 1.29 is 4.74 Å². The predicted molar refractivity (Wildman–Crippen MR) is 102 cm³/mol. The van der Waals surface area contributed by atoms with Crippen molar-refractivity contribution >= 4 is 0 Å². The molecule has 0 aliphatic heterocycles. The summed E-state index contributed by atoms with van der Waals surface area (Å²) in [4.78, 5) is 0. The van der Waals surface area contributed by atoms with Crippen LogP contribution in [0.2, 0.25) is 0 Å². The van der Waals surface area contributed by atoms with Crippen LogP contribution in [0, 0.1) is 21.7 Å². The molecule has 0 heterocycles. The quantitative estimate of drug-likeness (QED) is 0.723. The van der Waals surface area contributed by atoms with Gasteiger partial charge in [0.25, 0.3) is 0 Å². The Bertz CT molecular complexity index is 396. The zero-order valence-corrected chi connectivity index (χ0v) is 18.1. The summed E-state index contributed by atoms with van der Waals surface area (Å²) in [6.45, 7) is 30.3. The molecule has 0 spiro atoms. The van der Waals surface area contributed by atoms with E-state index in [0.717, 1.165) is 0 Å². The Morgan fingerprint density at radius 3 is 1.35 bits per heavy atom. The number of rotatable bonds is 3. The lowest BCUT2D eigenvalue weighted by Crippen LogP contribution is -2.73. The minimum atomic E-state index is -0.135. The van der Waals surface area contributed by atoms with Gasteiger partial charge in [-0.15, -0.1) is 0 Å². The molecule has 1 saturated carbocycles. The molecule has 1 fully saturated rings. The Balaban J connectivity index is 3.50. The molecule has 0 bridgehead atoms.